The lowest BCUT2D eigenvalue weighted by molar-refractivity contribution is -0.141. The highest BCUT2D eigenvalue weighted by Crippen LogP contribution is 2.24. The zero-order chi connectivity index (χ0) is 28.4. The molecule has 0 aromatic heterocycles. The van der Waals surface area contributed by atoms with Crippen LogP contribution in [0.15, 0.2) is 48.5 Å². The Morgan fingerprint density at radius 1 is 1.08 bits per heavy atom. The van der Waals surface area contributed by atoms with E-state index in [1.54, 1.807) is 29.2 Å². The number of carbonyl (C=O) groups is 2. The number of nitrogens with one attached hydrogen (secondary N) is 1. The van der Waals surface area contributed by atoms with Gasteiger partial charge in [-0.1, -0.05) is 62.1 Å². The van der Waals surface area contributed by atoms with Gasteiger partial charge in [0.2, 0.25) is 21.8 Å². The molecule has 8 nitrogen and oxygen atoms in total. The minimum Gasteiger partial charge on any atom is -0.497 e. The smallest absolute Gasteiger partial charge is 0.243 e. The lowest BCUT2D eigenvalue weighted by atomic mass is 9.95. The number of hydrogen-bond acceptors (Lipinski definition) is 5. The minimum atomic E-state index is -3.58. The van der Waals surface area contributed by atoms with Crippen molar-refractivity contribution in [3.05, 3.63) is 59.7 Å². The second-order valence-electron chi connectivity index (χ2n) is 10.4. The summed E-state index contributed by atoms with van der Waals surface area (Å²) in [6, 6.07) is 14.4. The Labute approximate surface area is 233 Å². The highest BCUT2D eigenvalue weighted by atomic mass is 32.2. The molecule has 1 aliphatic rings. The van der Waals surface area contributed by atoms with E-state index in [-0.39, 0.29) is 30.8 Å². The van der Waals surface area contributed by atoms with E-state index in [4.69, 9.17) is 4.74 Å². The molecule has 0 aliphatic heterocycles. The minimum absolute atomic E-state index is 0.112. The Hall–Kier alpha value is -3.07. The summed E-state index contributed by atoms with van der Waals surface area (Å²) in [6.45, 7) is 4.39. The maximum Gasteiger partial charge on any atom is 0.243 e. The van der Waals surface area contributed by atoms with Crippen LogP contribution in [0.5, 0.6) is 5.75 Å². The van der Waals surface area contributed by atoms with Crippen molar-refractivity contribution < 1.29 is 22.7 Å². The van der Waals surface area contributed by atoms with Crippen LogP contribution in [0, 0.1) is 6.92 Å². The Kier molecular flexibility index (Phi) is 11.2. The number of ether oxygens (including phenoxy) is 1. The van der Waals surface area contributed by atoms with Crippen molar-refractivity contribution in [1.82, 2.24) is 10.2 Å². The summed E-state index contributed by atoms with van der Waals surface area (Å²) in [6.07, 6.45) is 7.44. The monoisotopic (exact) mass is 557 g/mol. The first-order chi connectivity index (χ1) is 18.6. The van der Waals surface area contributed by atoms with E-state index in [1.165, 1.54) is 17.8 Å². The molecule has 214 valence electrons. The molecule has 2 aromatic rings. The molecule has 2 amide bonds. The van der Waals surface area contributed by atoms with Gasteiger partial charge in [0, 0.05) is 31.6 Å². The number of anilines is 1. The van der Waals surface area contributed by atoms with Gasteiger partial charge in [-0.15, -0.1) is 0 Å². The summed E-state index contributed by atoms with van der Waals surface area (Å²) in [5.74, 6) is 0.275. The number of benzene rings is 2. The maximum atomic E-state index is 13.7. The van der Waals surface area contributed by atoms with Crippen LogP contribution in [-0.2, 0) is 26.2 Å². The van der Waals surface area contributed by atoms with Gasteiger partial charge in [0.1, 0.15) is 11.8 Å². The number of nitrogens with zero attached hydrogens (tertiary/aromatic N) is 2. The van der Waals surface area contributed by atoms with E-state index in [1.807, 2.05) is 38.1 Å². The first-order valence-corrected chi connectivity index (χ1v) is 15.7. The van der Waals surface area contributed by atoms with E-state index in [2.05, 4.69) is 5.32 Å². The fourth-order valence-electron chi connectivity index (χ4n) is 5.24. The molecule has 3 rings (SSSR count). The van der Waals surface area contributed by atoms with Gasteiger partial charge in [-0.3, -0.25) is 13.9 Å². The molecule has 1 saturated carbocycles. The Morgan fingerprint density at radius 2 is 1.79 bits per heavy atom. The fraction of sp³-hybridized carbons (Fsp3) is 0.533. The van der Waals surface area contributed by atoms with Crippen LogP contribution in [0.4, 0.5) is 5.69 Å². The van der Waals surface area contributed by atoms with Crippen molar-refractivity contribution in [1.29, 1.82) is 0 Å². The lowest BCUT2D eigenvalue weighted by Gasteiger charge is -2.33. The summed E-state index contributed by atoms with van der Waals surface area (Å²) < 4.78 is 31.7. The molecule has 9 heteroatoms. The van der Waals surface area contributed by atoms with Crippen LogP contribution < -0.4 is 14.4 Å². The zero-order valence-corrected chi connectivity index (χ0v) is 24.5. The normalized spacial score (nSPS) is 14.9. The third kappa shape index (κ3) is 8.98. The van der Waals surface area contributed by atoms with Crippen LogP contribution in [0.3, 0.4) is 0 Å². The lowest BCUT2D eigenvalue weighted by Crippen LogP contribution is -2.51. The van der Waals surface area contributed by atoms with Gasteiger partial charge in [-0.2, -0.15) is 0 Å². The summed E-state index contributed by atoms with van der Waals surface area (Å²) in [4.78, 5) is 28.7. The first kappa shape index (κ1) is 30.5. The van der Waals surface area contributed by atoms with Gasteiger partial charge < -0.3 is 15.0 Å². The van der Waals surface area contributed by atoms with E-state index < -0.39 is 16.1 Å². The molecule has 0 heterocycles. The average molecular weight is 558 g/mol. The molecule has 0 radical (unpaired) electrons. The van der Waals surface area contributed by atoms with Crippen molar-refractivity contribution >= 4 is 27.5 Å². The van der Waals surface area contributed by atoms with E-state index in [0.717, 1.165) is 43.1 Å². The molecule has 1 aliphatic carbocycles. The fourth-order valence-corrected chi connectivity index (χ4v) is 6.20. The largest absolute Gasteiger partial charge is 0.497 e. The van der Waals surface area contributed by atoms with Crippen molar-refractivity contribution in [2.45, 2.75) is 83.8 Å². The van der Waals surface area contributed by atoms with Crippen LogP contribution in [0.25, 0.3) is 0 Å². The third-order valence-corrected chi connectivity index (χ3v) is 8.46. The zero-order valence-electron chi connectivity index (χ0n) is 23.7. The first-order valence-electron chi connectivity index (χ1n) is 13.9. The molecule has 1 fully saturated rings. The van der Waals surface area contributed by atoms with Gasteiger partial charge in [-0.25, -0.2) is 8.42 Å². The SMILES string of the molecule is CCC(C(=O)NC1CCCCC1)N(Cc1cccc(C)c1)C(=O)CCCN(c1cccc(OC)c1)S(C)(=O)=O. The molecule has 2 aromatic carbocycles. The van der Waals surface area contributed by atoms with E-state index >= 15 is 0 Å². The number of hydrogen-bond donors (Lipinski definition) is 1. The average Bonchev–Trinajstić information content (AvgIpc) is 2.90. The third-order valence-electron chi connectivity index (χ3n) is 7.27. The van der Waals surface area contributed by atoms with Gasteiger partial charge in [0.05, 0.1) is 19.1 Å². The highest BCUT2D eigenvalue weighted by molar-refractivity contribution is 7.92. The number of sulfonamides is 1. The predicted molar refractivity (Wildman–Crippen MR) is 155 cm³/mol. The molecule has 0 spiro atoms. The van der Waals surface area contributed by atoms with Gasteiger partial charge in [0.25, 0.3) is 0 Å². The van der Waals surface area contributed by atoms with Crippen molar-refractivity contribution in [2.75, 3.05) is 24.2 Å². The van der Waals surface area contributed by atoms with Gasteiger partial charge >= 0.3 is 0 Å². The molecule has 0 bridgehead atoms. The van der Waals surface area contributed by atoms with E-state index in [0.29, 0.717) is 30.8 Å². The maximum absolute atomic E-state index is 13.7. The summed E-state index contributed by atoms with van der Waals surface area (Å²) in [5, 5.41) is 3.20. The van der Waals surface area contributed by atoms with Gasteiger partial charge in [-0.05, 0) is 50.3 Å². The highest BCUT2D eigenvalue weighted by Gasteiger charge is 2.30. The summed E-state index contributed by atoms with van der Waals surface area (Å²) in [7, 11) is -2.05. The second kappa shape index (κ2) is 14.4. The van der Waals surface area contributed by atoms with Crippen LogP contribution in [-0.4, -0.2) is 57.1 Å². The molecule has 39 heavy (non-hydrogen) atoms. The Balaban J connectivity index is 1.76. The number of aryl methyl sites for hydroxylation is 1. The van der Waals surface area contributed by atoms with Crippen LogP contribution in [0.2, 0.25) is 0 Å². The molecule has 1 N–H and O–H groups in total. The molecule has 1 atom stereocenters. The number of methoxy groups -OCH3 is 1. The molecule has 1 unspecified atom stereocenters. The molecule has 0 saturated heterocycles. The predicted octanol–water partition coefficient (Wildman–Crippen LogP) is 4.81. The van der Waals surface area contributed by atoms with Crippen molar-refractivity contribution in [3.8, 4) is 5.75 Å². The topological polar surface area (TPSA) is 96.0 Å². The Morgan fingerprint density at radius 3 is 2.44 bits per heavy atom. The summed E-state index contributed by atoms with van der Waals surface area (Å²) >= 11 is 0. The second-order valence-corrected chi connectivity index (χ2v) is 12.3. The number of rotatable bonds is 13. The molecular formula is C30H43N3O5S. The van der Waals surface area contributed by atoms with Crippen molar-refractivity contribution in [2.24, 2.45) is 0 Å². The van der Waals surface area contributed by atoms with Crippen LogP contribution >= 0.6 is 0 Å². The Bertz CT molecular complexity index is 1210. The van der Waals surface area contributed by atoms with Crippen LogP contribution in [0.1, 0.15) is 69.4 Å². The summed E-state index contributed by atoms with van der Waals surface area (Å²) in [5.41, 5.74) is 2.53. The van der Waals surface area contributed by atoms with Crippen molar-refractivity contribution in [3.63, 3.8) is 0 Å². The van der Waals surface area contributed by atoms with E-state index in [9.17, 15) is 18.0 Å². The van der Waals surface area contributed by atoms with Gasteiger partial charge in [0.15, 0.2) is 0 Å². The number of carbonyl (C=O) groups excluding carboxylic acids is 2. The molecular weight excluding hydrogens is 514 g/mol. The standard InChI is InChI=1S/C30H43N3O5S/c1-5-28(30(35)31-25-14-7-6-8-15-25)32(22-24-13-9-12-23(2)20-24)29(34)18-11-19-33(39(4,36)37)26-16-10-17-27(21-26)38-3/h9-10,12-13,16-17,20-21,25,28H,5-8,11,14-15,18-19,22H2,1-4H3,(H,31,35). The number of amides is 2. The quantitative estimate of drug-likeness (QED) is 0.382.